The zero-order chi connectivity index (χ0) is 13.5. The van der Waals surface area contributed by atoms with Gasteiger partial charge in [0.15, 0.2) is 5.96 Å². The highest BCUT2D eigenvalue weighted by molar-refractivity contribution is 5.79. The van der Waals surface area contributed by atoms with Gasteiger partial charge in [0.1, 0.15) is 0 Å². The van der Waals surface area contributed by atoms with Gasteiger partial charge in [-0.15, -0.1) is 0 Å². The van der Waals surface area contributed by atoms with Crippen LogP contribution in [0.25, 0.3) is 0 Å². The number of rotatable bonds is 5. The van der Waals surface area contributed by atoms with Gasteiger partial charge in [-0.25, -0.2) is 0 Å². The number of likely N-dealkylation sites (N-methyl/N-ethyl adjacent to an activating group) is 1. The van der Waals surface area contributed by atoms with E-state index in [-0.39, 0.29) is 0 Å². The number of likely N-dealkylation sites (tertiary alicyclic amines) is 1. The number of aliphatic imine (C=N–C) groups is 1. The number of guanidine groups is 1. The minimum Gasteiger partial charge on any atom is -0.355 e. The minimum absolute atomic E-state index is 0.642. The number of nitrogens with one attached hydrogen (secondary N) is 2. The molecule has 0 bridgehead atoms. The van der Waals surface area contributed by atoms with Crippen LogP contribution in [0, 0.1) is 0 Å². The summed E-state index contributed by atoms with van der Waals surface area (Å²) in [4.78, 5) is 6.68. The van der Waals surface area contributed by atoms with Crippen LogP contribution in [0.3, 0.4) is 0 Å². The standard InChI is InChI=1S/C14H25N5/c1-15-14(16-7-11-19-9-3-4-10-19)17-12-13-6-5-8-18(13)2/h3-4,9-10,13H,5-8,11-12H2,1-2H3,(H2,15,16,17). The third-order valence-electron chi connectivity index (χ3n) is 3.73. The van der Waals surface area contributed by atoms with Gasteiger partial charge < -0.3 is 20.1 Å². The monoisotopic (exact) mass is 263 g/mol. The second-order valence-corrected chi connectivity index (χ2v) is 5.08. The van der Waals surface area contributed by atoms with Gasteiger partial charge in [0.25, 0.3) is 0 Å². The molecule has 0 aliphatic carbocycles. The van der Waals surface area contributed by atoms with Crippen LogP contribution in [-0.2, 0) is 6.54 Å². The maximum Gasteiger partial charge on any atom is 0.191 e. The van der Waals surface area contributed by atoms with E-state index in [9.17, 15) is 0 Å². The first kappa shape index (κ1) is 13.9. The van der Waals surface area contributed by atoms with E-state index in [4.69, 9.17) is 0 Å². The summed E-state index contributed by atoms with van der Waals surface area (Å²) in [6.07, 6.45) is 6.74. The predicted molar refractivity (Wildman–Crippen MR) is 79.4 cm³/mol. The number of hydrogen-bond donors (Lipinski definition) is 2. The van der Waals surface area contributed by atoms with Crippen molar-refractivity contribution in [3.05, 3.63) is 24.5 Å². The summed E-state index contributed by atoms with van der Waals surface area (Å²) in [6.45, 7) is 4.03. The van der Waals surface area contributed by atoms with Crippen molar-refractivity contribution >= 4 is 5.96 Å². The Morgan fingerprint density at radius 1 is 1.32 bits per heavy atom. The summed E-state index contributed by atoms with van der Waals surface area (Å²) >= 11 is 0. The first-order chi connectivity index (χ1) is 9.29. The second-order valence-electron chi connectivity index (χ2n) is 5.08. The lowest BCUT2D eigenvalue weighted by molar-refractivity contribution is 0.309. The average molecular weight is 263 g/mol. The molecule has 1 atom stereocenters. The molecule has 1 aromatic rings. The summed E-state index contributed by atoms with van der Waals surface area (Å²) in [5.41, 5.74) is 0. The van der Waals surface area contributed by atoms with Gasteiger partial charge in [-0.05, 0) is 38.6 Å². The maximum absolute atomic E-state index is 4.26. The van der Waals surface area contributed by atoms with Gasteiger partial charge in [0.2, 0.25) is 0 Å². The van der Waals surface area contributed by atoms with E-state index in [2.05, 4.69) is 44.5 Å². The van der Waals surface area contributed by atoms with Crippen molar-refractivity contribution in [2.75, 3.05) is 33.7 Å². The third-order valence-corrected chi connectivity index (χ3v) is 3.73. The van der Waals surface area contributed by atoms with E-state index < -0.39 is 0 Å². The van der Waals surface area contributed by atoms with Crippen molar-refractivity contribution in [1.82, 2.24) is 20.1 Å². The molecule has 1 saturated heterocycles. The average Bonchev–Trinajstić information content (AvgIpc) is 3.05. The van der Waals surface area contributed by atoms with Gasteiger partial charge >= 0.3 is 0 Å². The summed E-state index contributed by atoms with van der Waals surface area (Å²) in [5.74, 6) is 0.896. The summed E-state index contributed by atoms with van der Waals surface area (Å²) in [7, 11) is 4.02. The van der Waals surface area contributed by atoms with Crippen molar-refractivity contribution in [2.45, 2.75) is 25.4 Å². The highest BCUT2D eigenvalue weighted by Gasteiger charge is 2.20. The molecule has 0 spiro atoms. The molecular weight excluding hydrogens is 238 g/mol. The Labute approximate surface area is 115 Å². The number of hydrogen-bond acceptors (Lipinski definition) is 2. The van der Waals surface area contributed by atoms with E-state index in [0.29, 0.717) is 6.04 Å². The number of aromatic nitrogens is 1. The highest BCUT2D eigenvalue weighted by atomic mass is 15.2. The molecule has 0 aromatic carbocycles. The molecule has 1 aliphatic rings. The Morgan fingerprint density at radius 3 is 2.74 bits per heavy atom. The zero-order valence-electron chi connectivity index (χ0n) is 12.0. The van der Waals surface area contributed by atoms with Gasteiger partial charge in [-0.1, -0.05) is 0 Å². The molecule has 19 heavy (non-hydrogen) atoms. The van der Waals surface area contributed by atoms with Crippen LogP contribution in [0.1, 0.15) is 12.8 Å². The van der Waals surface area contributed by atoms with Gasteiger partial charge in [0, 0.05) is 45.1 Å². The van der Waals surface area contributed by atoms with Crippen molar-refractivity contribution in [3.8, 4) is 0 Å². The molecule has 106 valence electrons. The van der Waals surface area contributed by atoms with E-state index in [1.54, 1.807) is 0 Å². The van der Waals surface area contributed by atoms with Crippen LogP contribution in [0.15, 0.2) is 29.5 Å². The van der Waals surface area contributed by atoms with Crippen molar-refractivity contribution in [3.63, 3.8) is 0 Å². The fraction of sp³-hybridized carbons (Fsp3) is 0.643. The van der Waals surface area contributed by atoms with Crippen LogP contribution in [0.5, 0.6) is 0 Å². The van der Waals surface area contributed by atoms with Crippen LogP contribution in [-0.4, -0.2) is 55.2 Å². The first-order valence-corrected chi connectivity index (χ1v) is 7.05. The van der Waals surface area contributed by atoms with Gasteiger partial charge in [0.05, 0.1) is 0 Å². The lowest BCUT2D eigenvalue weighted by Gasteiger charge is -2.21. The molecular formula is C14H25N5. The predicted octanol–water partition coefficient (Wildman–Crippen LogP) is 0.747. The number of nitrogens with zero attached hydrogens (tertiary/aromatic N) is 3. The molecule has 5 heteroatoms. The topological polar surface area (TPSA) is 44.6 Å². The molecule has 2 rings (SSSR count). The molecule has 1 aliphatic heterocycles. The molecule has 5 nitrogen and oxygen atoms in total. The Bertz CT molecular complexity index is 385. The molecule has 0 amide bonds. The summed E-state index contributed by atoms with van der Waals surface area (Å²) < 4.78 is 2.16. The van der Waals surface area contributed by atoms with Gasteiger partial charge in [-0.2, -0.15) is 0 Å². The minimum atomic E-state index is 0.642. The van der Waals surface area contributed by atoms with Crippen molar-refractivity contribution in [1.29, 1.82) is 0 Å². The smallest absolute Gasteiger partial charge is 0.191 e. The van der Waals surface area contributed by atoms with E-state index >= 15 is 0 Å². The maximum atomic E-state index is 4.26. The normalized spacial score (nSPS) is 20.7. The lowest BCUT2D eigenvalue weighted by Crippen LogP contribution is -2.44. The van der Waals surface area contributed by atoms with E-state index in [1.165, 1.54) is 19.4 Å². The van der Waals surface area contributed by atoms with Crippen LogP contribution < -0.4 is 10.6 Å². The first-order valence-electron chi connectivity index (χ1n) is 7.05. The molecule has 2 N–H and O–H groups in total. The van der Waals surface area contributed by atoms with Crippen LogP contribution >= 0.6 is 0 Å². The lowest BCUT2D eigenvalue weighted by atomic mass is 10.2. The summed E-state index contributed by atoms with van der Waals surface area (Å²) in [6, 6.07) is 4.73. The van der Waals surface area contributed by atoms with Crippen LogP contribution in [0.4, 0.5) is 0 Å². The molecule has 1 unspecified atom stereocenters. The zero-order valence-corrected chi connectivity index (χ0v) is 12.0. The fourth-order valence-corrected chi connectivity index (χ4v) is 2.49. The summed E-state index contributed by atoms with van der Waals surface area (Å²) in [5, 5.41) is 6.76. The Kier molecular flexibility index (Phi) is 5.27. The van der Waals surface area contributed by atoms with Crippen LogP contribution in [0.2, 0.25) is 0 Å². The molecule has 0 saturated carbocycles. The molecule has 1 fully saturated rings. The van der Waals surface area contributed by atoms with Crippen molar-refractivity contribution in [2.24, 2.45) is 4.99 Å². The quantitative estimate of drug-likeness (QED) is 0.608. The second kappa shape index (κ2) is 7.19. The fourth-order valence-electron chi connectivity index (χ4n) is 2.49. The Hall–Kier alpha value is -1.49. The Balaban J connectivity index is 1.66. The third kappa shape index (κ3) is 4.28. The highest BCUT2D eigenvalue weighted by Crippen LogP contribution is 2.13. The molecule has 2 heterocycles. The SMILES string of the molecule is CN=C(NCCn1cccc1)NCC1CCCN1C. The largest absolute Gasteiger partial charge is 0.355 e. The molecule has 0 radical (unpaired) electrons. The van der Waals surface area contributed by atoms with E-state index in [0.717, 1.165) is 25.6 Å². The van der Waals surface area contributed by atoms with E-state index in [1.807, 2.05) is 19.2 Å². The Morgan fingerprint density at radius 2 is 2.11 bits per heavy atom. The van der Waals surface area contributed by atoms with Crippen molar-refractivity contribution < 1.29 is 0 Å². The van der Waals surface area contributed by atoms with Gasteiger partial charge in [-0.3, -0.25) is 4.99 Å². The molecule has 1 aromatic heterocycles.